The molecule has 22 heavy (non-hydrogen) atoms. The Hall–Kier alpha value is -1.69. The summed E-state index contributed by atoms with van der Waals surface area (Å²) in [5.41, 5.74) is -0.217. The zero-order valence-electron chi connectivity index (χ0n) is 12.8. The maximum absolute atomic E-state index is 12.3. The summed E-state index contributed by atoms with van der Waals surface area (Å²) in [6.07, 6.45) is 9.34. The van der Waals surface area contributed by atoms with Crippen molar-refractivity contribution in [3.05, 3.63) is 24.2 Å². The molecular weight excluding hydrogens is 298 g/mol. The molecule has 0 spiro atoms. The van der Waals surface area contributed by atoms with E-state index in [9.17, 15) is 9.59 Å². The number of carbonyl (C=O) groups is 2. The first-order valence-corrected chi connectivity index (χ1v) is 8.58. The van der Waals surface area contributed by atoms with Crippen molar-refractivity contribution >= 4 is 28.3 Å². The van der Waals surface area contributed by atoms with Gasteiger partial charge in [0.2, 0.25) is 11.8 Å². The first kappa shape index (κ1) is 16.7. The smallest absolute Gasteiger partial charge is 0.226 e. The zero-order chi connectivity index (χ0) is 15.8. The van der Waals surface area contributed by atoms with Gasteiger partial charge in [-0.25, -0.2) is 4.98 Å². The van der Waals surface area contributed by atoms with E-state index < -0.39 is 0 Å². The summed E-state index contributed by atoms with van der Waals surface area (Å²) in [5.74, 6) is -0.0442. The standard InChI is InChI=1S/C16H23N3O2S/c1-2-8-17-13(20)11-16(6-4-3-5-7-16)12-14(21)19-15-18-9-10-22-15/h2,9-10H,1,3-8,11-12H2,(H,17,20)(H,18,19,21). The molecule has 2 N–H and O–H groups in total. The molecule has 1 heterocycles. The van der Waals surface area contributed by atoms with Crippen LogP contribution in [-0.4, -0.2) is 23.3 Å². The van der Waals surface area contributed by atoms with Crippen molar-refractivity contribution in [2.75, 3.05) is 11.9 Å². The van der Waals surface area contributed by atoms with Crippen molar-refractivity contribution in [1.82, 2.24) is 10.3 Å². The lowest BCUT2D eigenvalue weighted by atomic mass is 9.69. The minimum absolute atomic E-state index is 0.00356. The van der Waals surface area contributed by atoms with Crippen molar-refractivity contribution in [3.63, 3.8) is 0 Å². The van der Waals surface area contributed by atoms with Crippen LogP contribution in [0.15, 0.2) is 24.2 Å². The first-order chi connectivity index (χ1) is 10.6. The van der Waals surface area contributed by atoms with E-state index in [1.807, 2.05) is 5.38 Å². The van der Waals surface area contributed by atoms with Gasteiger partial charge >= 0.3 is 0 Å². The molecule has 0 atom stereocenters. The van der Waals surface area contributed by atoms with E-state index in [4.69, 9.17) is 0 Å². The fraction of sp³-hybridized carbons (Fsp3) is 0.562. The molecule has 1 aliphatic rings. The molecule has 0 aliphatic heterocycles. The summed E-state index contributed by atoms with van der Waals surface area (Å²) in [5, 5.41) is 8.10. The highest BCUT2D eigenvalue weighted by Crippen LogP contribution is 2.42. The first-order valence-electron chi connectivity index (χ1n) is 7.70. The molecule has 2 rings (SSSR count). The van der Waals surface area contributed by atoms with Crippen LogP contribution in [0.3, 0.4) is 0 Å². The molecule has 1 aliphatic carbocycles. The number of anilines is 1. The Balaban J connectivity index is 1.96. The van der Waals surface area contributed by atoms with Gasteiger partial charge in [0.15, 0.2) is 5.13 Å². The minimum Gasteiger partial charge on any atom is -0.353 e. The van der Waals surface area contributed by atoms with E-state index in [-0.39, 0.29) is 17.2 Å². The quantitative estimate of drug-likeness (QED) is 0.758. The lowest BCUT2D eigenvalue weighted by Gasteiger charge is -2.36. The topological polar surface area (TPSA) is 71.1 Å². The van der Waals surface area contributed by atoms with Crippen molar-refractivity contribution in [1.29, 1.82) is 0 Å². The average Bonchev–Trinajstić information content (AvgIpc) is 2.98. The second-order valence-corrected chi connectivity index (χ2v) is 6.79. The van der Waals surface area contributed by atoms with Crippen molar-refractivity contribution in [2.24, 2.45) is 5.41 Å². The number of rotatable bonds is 7. The maximum atomic E-state index is 12.3. The molecule has 1 aromatic heterocycles. The Morgan fingerprint density at radius 3 is 2.64 bits per heavy atom. The molecule has 0 saturated heterocycles. The van der Waals surface area contributed by atoms with Gasteiger partial charge in [-0.2, -0.15) is 0 Å². The molecule has 0 radical (unpaired) electrons. The summed E-state index contributed by atoms with van der Waals surface area (Å²) >= 11 is 1.40. The van der Waals surface area contributed by atoms with Crippen LogP contribution in [-0.2, 0) is 9.59 Å². The summed E-state index contributed by atoms with van der Waals surface area (Å²) in [4.78, 5) is 28.4. The second-order valence-electron chi connectivity index (χ2n) is 5.89. The highest BCUT2D eigenvalue weighted by molar-refractivity contribution is 7.13. The summed E-state index contributed by atoms with van der Waals surface area (Å²) < 4.78 is 0. The summed E-state index contributed by atoms with van der Waals surface area (Å²) in [6, 6.07) is 0. The van der Waals surface area contributed by atoms with Crippen LogP contribution in [0.25, 0.3) is 0 Å². The predicted octanol–water partition coefficient (Wildman–Crippen LogP) is 3.11. The Bertz CT molecular complexity index is 507. The zero-order valence-corrected chi connectivity index (χ0v) is 13.6. The van der Waals surface area contributed by atoms with Gasteiger partial charge in [0.05, 0.1) is 0 Å². The number of nitrogens with zero attached hydrogens (tertiary/aromatic N) is 1. The van der Waals surface area contributed by atoms with E-state index in [0.29, 0.717) is 24.5 Å². The SMILES string of the molecule is C=CCNC(=O)CC1(CC(=O)Nc2nccs2)CCCCC1. The maximum Gasteiger partial charge on any atom is 0.226 e. The number of aromatic nitrogens is 1. The number of hydrogen-bond acceptors (Lipinski definition) is 4. The van der Waals surface area contributed by atoms with Crippen LogP contribution in [0.2, 0.25) is 0 Å². The third kappa shape index (κ3) is 4.94. The van der Waals surface area contributed by atoms with Crippen LogP contribution in [0.1, 0.15) is 44.9 Å². The monoisotopic (exact) mass is 321 g/mol. The van der Waals surface area contributed by atoms with E-state index in [1.165, 1.54) is 17.8 Å². The van der Waals surface area contributed by atoms with Gasteiger partial charge in [-0.05, 0) is 18.3 Å². The molecule has 0 aromatic carbocycles. The van der Waals surface area contributed by atoms with E-state index in [0.717, 1.165) is 25.7 Å². The van der Waals surface area contributed by atoms with Crippen molar-refractivity contribution in [2.45, 2.75) is 44.9 Å². The number of hydrogen-bond donors (Lipinski definition) is 2. The van der Waals surface area contributed by atoms with E-state index in [2.05, 4.69) is 22.2 Å². The van der Waals surface area contributed by atoms with Crippen LogP contribution in [0, 0.1) is 5.41 Å². The number of thiazole rings is 1. The van der Waals surface area contributed by atoms with Crippen molar-refractivity contribution < 1.29 is 9.59 Å². The molecule has 0 bridgehead atoms. The van der Waals surface area contributed by atoms with Crippen LogP contribution in [0.5, 0.6) is 0 Å². The number of amides is 2. The molecule has 1 aromatic rings. The molecular formula is C16H23N3O2S. The Morgan fingerprint density at radius 1 is 1.27 bits per heavy atom. The van der Waals surface area contributed by atoms with Crippen LogP contribution >= 0.6 is 11.3 Å². The summed E-state index contributed by atoms with van der Waals surface area (Å²) in [6.45, 7) is 4.07. The van der Waals surface area contributed by atoms with E-state index >= 15 is 0 Å². The number of carbonyl (C=O) groups excluding carboxylic acids is 2. The van der Waals surface area contributed by atoms with Gasteiger partial charge in [0.25, 0.3) is 0 Å². The Kier molecular flexibility index (Phi) is 6.12. The molecule has 2 amide bonds. The molecule has 1 saturated carbocycles. The second kappa shape index (κ2) is 8.08. The third-order valence-electron chi connectivity index (χ3n) is 4.11. The normalized spacial score (nSPS) is 16.7. The molecule has 5 nitrogen and oxygen atoms in total. The molecule has 6 heteroatoms. The Morgan fingerprint density at radius 2 is 2.00 bits per heavy atom. The fourth-order valence-corrected chi connectivity index (χ4v) is 3.64. The molecule has 1 fully saturated rings. The Labute approximate surface area is 135 Å². The van der Waals surface area contributed by atoms with Gasteiger partial charge in [0.1, 0.15) is 0 Å². The van der Waals surface area contributed by atoms with Gasteiger partial charge in [-0.3, -0.25) is 9.59 Å². The van der Waals surface area contributed by atoms with Gasteiger partial charge in [-0.15, -0.1) is 17.9 Å². The fourth-order valence-electron chi connectivity index (χ4n) is 3.10. The number of nitrogens with one attached hydrogen (secondary N) is 2. The van der Waals surface area contributed by atoms with Crippen LogP contribution in [0.4, 0.5) is 5.13 Å². The minimum atomic E-state index is -0.217. The van der Waals surface area contributed by atoms with Crippen molar-refractivity contribution in [3.8, 4) is 0 Å². The van der Waals surface area contributed by atoms with Gasteiger partial charge < -0.3 is 10.6 Å². The van der Waals surface area contributed by atoms with E-state index in [1.54, 1.807) is 12.3 Å². The van der Waals surface area contributed by atoms with Gasteiger partial charge in [-0.1, -0.05) is 25.3 Å². The molecule has 0 unspecified atom stereocenters. The summed E-state index contributed by atoms with van der Waals surface area (Å²) in [7, 11) is 0. The van der Waals surface area contributed by atoms with Gasteiger partial charge in [0, 0.05) is 31.0 Å². The third-order valence-corrected chi connectivity index (χ3v) is 4.80. The predicted molar refractivity (Wildman–Crippen MR) is 88.7 cm³/mol. The lowest BCUT2D eigenvalue weighted by Crippen LogP contribution is -2.36. The highest BCUT2D eigenvalue weighted by atomic mass is 32.1. The highest BCUT2D eigenvalue weighted by Gasteiger charge is 2.36. The largest absolute Gasteiger partial charge is 0.353 e. The van der Waals surface area contributed by atoms with Crippen LogP contribution < -0.4 is 10.6 Å². The average molecular weight is 321 g/mol. The molecule has 120 valence electrons. The lowest BCUT2D eigenvalue weighted by molar-refractivity contribution is -0.125.